The molecule has 0 heterocycles. The third-order valence-electron chi connectivity index (χ3n) is 3.93. The summed E-state index contributed by atoms with van der Waals surface area (Å²) in [7, 11) is 0. The van der Waals surface area contributed by atoms with Crippen molar-refractivity contribution >= 4 is 34.8 Å². The smallest absolute Gasteiger partial charge is 0.257 e. The molecule has 0 bridgehead atoms. The van der Waals surface area contributed by atoms with Crippen LogP contribution in [0.4, 0.5) is 5.69 Å². The first-order chi connectivity index (χ1) is 12.4. The molecule has 2 aromatic carbocycles. The largest absolute Gasteiger partial charge is 0.339 e. The molecule has 2 N–H and O–H groups in total. The van der Waals surface area contributed by atoms with E-state index in [4.69, 9.17) is 12.2 Å². The molecule has 136 valence electrons. The number of aryl methyl sites for hydroxylation is 1. The monoisotopic (exact) mass is 369 g/mol. The number of thiocarbonyl (C=S) groups is 1. The number of carbonyl (C=O) groups excluding carboxylic acids is 2. The van der Waals surface area contributed by atoms with Crippen LogP contribution in [0, 0.1) is 6.92 Å². The highest BCUT2D eigenvalue weighted by molar-refractivity contribution is 7.80. The van der Waals surface area contributed by atoms with E-state index < -0.39 is 0 Å². The highest BCUT2D eigenvalue weighted by Crippen LogP contribution is 2.13. The Labute approximate surface area is 159 Å². The van der Waals surface area contributed by atoms with E-state index in [-0.39, 0.29) is 16.9 Å². The first-order valence-electron chi connectivity index (χ1n) is 8.53. The number of carbonyl (C=O) groups is 2. The highest BCUT2D eigenvalue weighted by Gasteiger charge is 2.13. The highest BCUT2D eigenvalue weighted by atomic mass is 32.1. The Kier molecular flexibility index (Phi) is 6.86. The van der Waals surface area contributed by atoms with Crippen LogP contribution in [0.25, 0.3) is 0 Å². The van der Waals surface area contributed by atoms with Crippen molar-refractivity contribution in [2.45, 2.75) is 20.8 Å². The Morgan fingerprint density at radius 2 is 1.65 bits per heavy atom. The summed E-state index contributed by atoms with van der Waals surface area (Å²) in [6.07, 6.45) is 0. The van der Waals surface area contributed by atoms with Gasteiger partial charge in [-0.2, -0.15) is 0 Å². The molecule has 0 unspecified atom stereocenters. The van der Waals surface area contributed by atoms with Gasteiger partial charge in [-0.05, 0) is 63.3 Å². The van der Waals surface area contributed by atoms with Gasteiger partial charge in [-0.1, -0.05) is 23.8 Å². The second kappa shape index (κ2) is 9.10. The van der Waals surface area contributed by atoms with Crippen LogP contribution >= 0.6 is 12.2 Å². The molecule has 5 nitrogen and oxygen atoms in total. The van der Waals surface area contributed by atoms with Crippen molar-refractivity contribution in [3.63, 3.8) is 0 Å². The molecule has 6 heteroatoms. The molecule has 0 aliphatic heterocycles. The summed E-state index contributed by atoms with van der Waals surface area (Å²) >= 11 is 5.21. The van der Waals surface area contributed by atoms with Gasteiger partial charge >= 0.3 is 0 Å². The summed E-state index contributed by atoms with van der Waals surface area (Å²) < 4.78 is 0. The van der Waals surface area contributed by atoms with E-state index in [0.29, 0.717) is 29.9 Å². The Morgan fingerprint density at radius 3 is 2.31 bits per heavy atom. The zero-order chi connectivity index (χ0) is 19.1. The first-order valence-corrected chi connectivity index (χ1v) is 8.93. The molecule has 0 atom stereocenters. The molecule has 0 saturated heterocycles. The fraction of sp³-hybridized carbons (Fsp3) is 0.250. The zero-order valence-corrected chi connectivity index (χ0v) is 16.0. The minimum Gasteiger partial charge on any atom is -0.339 e. The topological polar surface area (TPSA) is 61.4 Å². The molecule has 0 spiro atoms. The van der Waals surface area contributed by atoms with Crippen molar-refractivity contribution < 1.29 is 9.59 Å². The lowest BCUT2D eigenvalue weighted by molar-refractivity contribution is 0.0772. The maximum Gasteiger partial charge on any atom is 0.257 e. The van der Waals surface area contributed by atoms with E-state index in [1.54, 1.807) is 41.3 Å². The second-order valence-electron chi connectivity index (χ2n) is 5.84. The Balaban J connectivity index is 2.04. The molecule has 0 aliphatic rings. The lowest BCUT2D eigenvalue weighted by atomic mass is 10.1. The number of nitrogens with one attached hydrogen (secondary N) is 2. The minimum atomic E-state index is -0.276. The average Bonchev–Trinajstić information content (AvgIpc) is 2.62. The number of nitrogens with zero attached hydrogens (tertiary/aromatic N) is 1. The van der Waals surface area contributed by atoms with E-state index in [0.717, 1.165) is 5.56 Å². The van der Waals surface area contributed by atoms with Gasteiger partial charge in [-0.3, -0.25) is 14.9 Å². The Hall–Kier alpha value is -2.73. The number of hydrogen-bond donors (Lipinski definition) is 2. The maximum absolute atomic E-state index is 12.4. The number of amides is 2. The van der Waals surface area contributed by atoms with Gasteiger partial charge in [0.15, 0.2) is 5.11 Å². The number of hydrogen-bond acceptors (Lipinski definition) is 3. The molecule has 0 aromatic heterocycles. The standard InChI is InChI=1S/C20H23N3O2S/c1-4-23(5-2)19(25)16-10-7-11-17(13-16)21-20(26)22-18(24)15-9-6-8-14(3)12-15/h6-13H,4-5H2,1-3H3,(H2,21,22,24,26). The molecule has 0 radical (unpaired) electrons. The summed E-state index contributed by atoms with van der Waals surface area (Å²) in [5, 5.41) is 5.79. The summed E-state index contributed by atoms with van der Waals surface area (Å²) in [5.41, 5.74) is 2.77. The lowest BCUT2D eigenvalue weighted by Crippen LogP contribution is -2.34. The molecule has 26 heavy (non-hydrogen) atoms. The van der Waals surface area contributed by atoms with Crippen LogP contribution in [0.3, 0.4) is 0 Å². The second-order valence-corrected chi connectivity index (χ2v) is 6.24. The van der Waals surface area contributed by atoms with Gasteiger partial charge in [-0.25, -0.2) is 0 Å². The van der Waals surface area contributed by atoms with Gasteiger partial charge in [0.25, 0.3) is 11.8 Å². The number of rotatable bonds is 5. The first kappa shape index (κ1) is 19.6. The van der Waals surface area contributed by atoms with Crippen LogP contribution < -0.4 is 10.6 Å². The van der Waals surface area contributed by atoms with E-state index in [1.165, 1.54) is 0 Å². The van der Waals surface area contributed by atoms with Gasteiger partial charge in [-0.15, -0.1) is 0 Å². The van der Waals surface area contributed by atoms with Crippen LogP contribution in [-0.2, 0) is 0 Å². The van der Waals surface area contributed by atoms with Crippen LogP contribution in [0.15, 0.2) is 48.5 Å². The van der Waals surface area contributed by atoms with Gasteiger partial charge in [0, 0.05) is 29.9 Å². The summed E-state index contributed by atoms with van der Waals surface area (Å²) in [6, 6.07) is 14.3. The van der Waals surface area contributed by atoms with Crippen molar-refractivity contribution in [1.29, 1.82) is 0 Å². The summed E-state index contributed by atoms with van der Waals surface area (Å²) in [4.78, 5) is 26.4. The lowest BCUT2D eigenvalue weighted by Gasteiger charge is -2.19. The maximum atomic E-state index is 12.4. The van der Waals surface area contributed by atoms with Crippen LogP contribution in [-0.4, -0.2) is 34.9 Å². The Bertz CT molecular complexity index is 816. The van der Waals surface area contributed by atoms with Crippen LogP contribution in [0.5, 0.6) is 0 Å². The van der Waals surface area contributed by atoms with Gasteiger partial charge < -0.3 is 10.2 Å². The van der Waals surface area contributed by atoms with Crippen molar-refractivity contribution in [2.24, 2.45) is 0 Å². The third kappa shape index (κ3) is 5.13. The fourth-order valence-electron chi connectivity index (χ4n) is 2.55. The van der Waals surface area contributed by atoms with Crippen molar-refractivity contribution in [1.82, 2.24) is 10.2 Å². The predicted molar refractivity (Wildman–Crippen MR) is 109 cm³/mol. The molecule has 2 rings (SSSR count). The molecule has 2 aromatic rings. The quantitative estimate of drug-likeness (QED) is 0.791. The van der Waals surface area contributed by atoms with E-state index in [1.807, 2.05) is 32.9 Å². The van der Waals surface area contributed by atoms with Gasteiger partial charge in [0.05, 0.1) is 0 Å². The van der Waals surface area contributed by atoms with E-state index in [9.17, 15) is 9.59 Å². The predicted octanol–water partition coefficient (Wildman–Crippen LogP) is 3.60. The van der Waals surface area contributed by atoms with Crippen LogP contribution in [0.1, 0.15) is 40.1 Å². The molecular weight excluding hydrogens is 346 g/mol. The normalized spacial score (nSPS) is 10.1. The molecule has 0 aliphatic carbocycles. The summed E-state index contributed by atoms with van der Waals surface area (Å²) in [5.74, 6) is -0.310. The van der Waals surface area contributed by atoms with Gasteiger partial charge in [0.2, 0.25) is 0 Å². The molecule has 0 fully saturated rings. The fourth-order valence-corrected chi connectivity index (χ4v) is 2.76. The van der Waals surface area contributed by atoms with Crippen molar-refractivity contribution in [2.75, 3.05) is 18.4 Å². The minimum absolute atomic E-state index is 0.0339. The SMILES string of the molecule is CCN(CC)C(=O)c1cccc(NC(=S)NC(=O)c2cccc(C)c2)c1. The number of benzene rings is 2. The van der Waals surface area contributed by atoms with Crippen LogP contribution in [0.2, 0.25) is 0 Å². The molecular formula is C20H23N3O2S. The number of anilines is 1. The van der Waals surface area contributed by atoms with E-state index >= 15 is 0 Å². The molecule has 0 saturated carbocycles. The average molecular weight is 369 g/mol. The van der Waals surface area contributed by atoms with Crippen molar-refractivity contribution in [3.8, 4) is 0 Å². The van der Waals surface area contributed by atoms with Gasteiger partial charge in [0.1, 0.15) is 0 Å². The van der Waals surface area contributed by atoms with E-state index in [2.05, 4.69) is 10.6 Å². The zero-order valence-electron chi connectivity index (χ0n) is 15.2. The van der Waals surface area contributed by atoms with Crippen molar-refractivity contribution in [3.05, 3.63) is 65.2 Å². The molecule has 2 amide bonds. The summed E-state index contributed by atoms with van der Waals surface area (Å²) in [6.45, 7) is 7.11. The Morgan fingerprint density at radius 1 is 1.00 bits per heavy atom. The third-order valence-corrected chi connectivity index (χ3v) is 4.13.